The third-order valence-electron chi connectivity index (χ3n) is 5.82. The van der Waals surface area contributed by atoms with Gasteiger partial charge in [0.2, 0.25) is 5.91 Å². The molecule has 0 bridgehead atoms. The van der Waals surface area contributed by atoms with Gasteiger partial charge in [-0.15, -0.1) is 0 Å². The molecule has 1 aliphatic carbocycles. The van der Waals surface area contributed by atoms with Crippen LogP contribution in [0.4, 0.5) is 11.4 Å². The molecule has 134 valence electrons. The van der Waals surface area contributed by atoms with Gasteiger partial charge in [0.25, 0.3) is 0 Å². The third kappa shape index (κ3) is 2.80. The summed E-state index contributed by atoms with van der Waals surface area (Å²) >= 11 is 0. The standard InChI is InChI=1S/C24H22N2O/c1-15(27)25-19-11-12-23-22(14-19)20-7-4-8-21(20)24(26-23)18-10-9-16-5-2-3-6-17(16)13-18/h2-7,9-14,20-21,24,26H,8H2,1H3,(H,25,27). The van der Waals surface area contributed by atoms with Gasteiger partial charge in [-0.05, 0) is 58.5 Å². The van der Waals surface area contributed by atoms with Gasteiger partial charge in [0.15, 0.2) is 0 Å². The molecule has 3 aromatic carbocycles. The molecule has 3 unspecified atom stereocenters. The van der Waals surface area contributed by atoms with Crippen LogP contribution in [-0.4, -0.2) is 5.91 Å². The molecule has 2 N–H and O–H groups in total. The highest BCUT2D eigenvalue weighted by molar-refractivity contribution is 5.89. The lowest BCUT2D eigenvalue weighted by molar-refractivity contribution is -0.114. The highest BCUT2D eigenvalue weighted by atomic mass is 16.1. The number of carbonyl (C=O) groups excluding carboxylic acids is 1. The minimum Gasteiger partial charge on any atom is -0.378 e. The van der Waals surface area contributed by atoms with Gasteiger partial charge >= 0.3 is 0 Å². The molecule has 27 heavy (non-hydrogen) atoms. The molecule has 0 spiro atoms. The van der Waals surface area contributed by atoms with Crippen LogP contribution in [0.3, 0.4) is 0 Å². The lowest BCUT2D eigenvalue weighted by atomic mass is 9.76. The lowest BCUT2D eigenvalue weighted by Crippen LogP contribution is -2.29. The molecule has 0 saturated heterocycles. The smallest absolute Gasteiger partial charge is 0.221 e. The second kappa shape index (κ2) is 6.27. The molecular formula is C24H22N2O. The normalized spacial score (nSPS) is 22.8. The molecule has 0 aromatic heterocycles. The molecule has 1 heterocycles. The molecule has 2 aliphatic rings. The first kappa shape index (κ1) is 16.1. The first-order valence-electron chi connectivity index (χ1n) is 9.52. The zero-order chi connectivity index (χ0) is 18.4. The van der Waals surface area contributed by atoms with Crippen molar-refractivity contribution in [3.63, 3.8) is 0 Å². The van der Waals surface area contributed by atoms with Crippen molar-refractivity contribution in [2.75, 3.05) is 10.6 Å². The summed E-state index contributed by atoms with van der Waals surface area (Å²) in [6, 6.07) is 21.8. The van der Waals surface area contributed by atoms with Gasteiger partial charge in [0.05, 0.1) is 6.04 Å². The molecule has 0 saturated carbocycles. The van der Waals surface area contributed by atoms with E-state index in [0.29, 0.717) is 11.8 Å². The fourth-order valence-corrected chi connectivity index (χ4v) is 4.61. The highest BCUT2D eigenvalue weighted by Crippen LogP contribution is 2.50. The molecule has 3 nitrogen and oxygen atoms in total. The highest BCUT2D eigenvalue weighted by Gasteiger charge is 2.38. The number of nitrogens with one attached hydrogen (secondary N) is 2. The summed E-state index contributed by atoms with van der Waals surface area (Å²) < 4.78 is 0. The van der Waals surface area contributed by atoms with Crippen LogP contribution >= 0.6 is 0 Å². The van der Waals surface area contributed by atoms with Gasteiger partial charge in [0, 0.05) is 24.2 Å². The largest absolute Gasteiger partial charge is 0.378 e. The maximum absolute atomic E-state index is 11.4. The number of anilines is 2. The maximum atomic E-state index is 11.4. The van der Waals surface area contributed by atoms with E-state index in [1.165, 1.54) is 21.9 Å². The van der Waals surface area contributed by atoms with E-state index in [2.05, 4.69) is 77.4 Å². The lowest BCUT2D eigenvalue weighted by Gasteiger charge is -2.38. The number of carbonyl (C=O) groups is 1. The predicted molar refractivity (Wildman–Crippen MR) is 111 cm³/mol. The Morgan fingerprint density at radius 3 is 2.74 bits per heavy atom. The average Bonchev–Trinajstić information content (AvgIpc) is 3.17. The maximum Gasteiger partial charge on any atom is 0.221 e. The molecule has 3 aromatic rings. The summed E-state index contributed by atoms with van der Waals surface area (Å²) in [7, 11) is 0. The van der Waals surface area contributed by atoms with E-state index < -0.39 is 0 Å². The number of hydrogen-bond donors (Lipinski definition) is 2. The predicted octanol–water partition coefficient (Wildman–Crippen LogP) is 5.62. The zero-order valence-electron chi connectivity index (χ0n) is 15.3. The second-order valence-corrected chi connectivity index (χ2v) is 7.57. The van der Waals surface area contributed by atoms with E-state index in [-0.39, 0.29) is 11.9 Å². The van der Waals surface area contributed by atoms with Gasteiger partial charge in [-0.3, -0.25) is 4.79 Å². The summed E-state index contributed by atoms with van der Waals surface area (Å²) in [6.07, 6.45) is 5.69. The number of allylic oxidation sites excluding steroid dienone is 2. The van der Waals surface area contributed by atoms with Crippen LogP contribution in [0.2, 0.25) is 0 Å². The molecule has 3 atom stereocenters. The second-order valence-electron chi connectivity index (χ2n) is 7.57. The Labute approximate surface area is 159 Å². The molecule has 0 fully saturated rings. The van der Waals surface area contributed by atoms with Crippen LogP contribution in [0.1, 0.15) is 36.4 Å². The fourth-order valence-electron chi connectivity index (χ4n) is 4.61. The van der Waals surface area contributed by atoms with Crippen molar-refractivity contribution in [1.82, 2.24) is 0 Å². The van der Waals surface area contributed by atoms with Crippen molar-refractivity contribution in [3.05, 3.63) is 83.9 Å². The van der Waals surface area contributed by atoms with Crippen molar-refractivity contribution in [2.24, 2.45) is 5.92 Å². The first-order chi connectivity index (χ1) is 13.2. The van der Waals surface area contributed by atoms with E-state index in [0.717, 1.165) is 17.8 Å². The molecule has 5 rings (SSSR count). The van der Waals surface area contributed by atoms with Crippen LogP contribution in [-0.2, 0) is 4.79 Å². The Bertz CT molecular complexity index is 1070. The summed E-state index contributed by atoms with van der Waals surface area (Å²) in [5, 5.41) is 9.24. The summed E-state index contributed by atoms with van der Waals surface area (Å²) in [6.45, 7) is 1.55. The number of amides is 1. The van der Waals surface area contributed by atoms with Crippen LogP contribution in [0.15, 0.2) is 72.8 Å². The average molecular weight is 354 g/mol. The molecular weight excluding hydrogens is 332 g/mol. The molecule has 3 heteroatoms. The van der Waals surface area contributed by atoms with Crippen molar-refractivity contribution in [1.29, 1.82) is 0 Å². The van der Waals surface area contributed by atoms with Gasteiger partial charge in [-0.25, -0.2) is 0 Å². The fraction of sp³-hybridized carbons (Fsp3) is 0.208. The van der Waals surface area contributed by atoms with Crippen molar-refractivity contribution < 1.29 is 4.79 Å². The van der Waals surface area contributed by atoms with Crippen molar-refractivity contribution >= 4 is 28.1 Å². The van der Waals surface area contributed by atoms with Crippen LogP contribution in [0.25, 0.3) is 10.8 Å². The monoisotopic (exact) mass is 354 g/mol. The van der Waals surface area contributed by atoms with Gasteiger partial charge < -0.3 is 10.6 Å². The first-order valence-corrected chi connectivity index (χ1v) is 9.52. The Morgan fingerprint density at radius 1 is 1.04 bits per heavy atom. The minimum absolute atomic E-state index is 0.0359. The SMILES string of the molecule is CC(=O)Nc1ccc2c(c1)C1C=CCC1C(c1ccc3ccccc3c1)N2. The molecule has 1 amide bonds. The Kier molecular flexibility index (Phi) is 3.75. The zero-order valence-corrected chi connectivity index (χ0v) is 15.3. The van der Waals surface area contributed by atoms with Crippen LogP contribution in [0.5, 0.6) is 0 Å². The number of hydrogen-bond acceptors (Lipinski definition) is 2. The Morgan fingerprint density at radius 2 is 1.89 bits per heavy atom. The summed E-state index contributed by atoms with van der Waals surface area (Å²) in [4.78, 5) is 11.4. The van der Waals surface area contributed by atoms with Crippen LogP contribution in [0, 0.1) is 5.92 Å². The Balaban J connectivity index is 1.55. The van der Waals surface area contributed by atoms with Crippen LogP contribution < -0.4 is 10.6 Å². The van der Waals surface area contributed by atoms with E-state index in [1.54, 1.807) is 6.92 Å². The van der Waals surface area contributed by atoms with Gasteiger partial charge in [-0.2, -0.15) is 0 Å². The minimum atomic E-state index is -0.0359. The van der Waals surface area contributed by atoms with E-state index in [4.69, 9.17) is 0 Å². The van der Waals surface area contributed by atoms with E-state index in [9.17, 15) is 4.79 Å². The van der Waals surface area contributed by atoms with E-state index in [1.807, 2.05) is 6.07 Å². The topological polar surface area (TPSA) is 41.1 Å². The third-order valence-corrected chi connectivity index (χ3v) is 5.82. The number of rotatable bonds is 2. The van der Waals surface area contributed by atoms with Gasteiger partial charge in [-0.1, -0.05) is 48.6 Å². The van der Waals surface area contributed by atoms with Crippen molar-refractivity contribution in [2.45, 2.75) is 25.3 Å². The summed E-state index contributed by atoms with van der Waals surface area (Å²) in [5.41, 5.74) is 4.64. The molecule has 0 radical (unpaired) electrons. The number of fused-ring (bicyclic) bond motifs is 4. The van der Waals surface area contributed by atoms with E-state index >= 15 is 0 Å². The number of benzene rings is 3. The molecule has 1 aliphatic heterocycles. The quantitative estimate of drug-likeness (QED) is 0.586. The van der Waals surface area contributed by atoms with Crippen molar-refractivity contribution in [3.8, 4) is 0 Å². The van der Waals surface area contributed by atoms with Gasteiger partial charge in [0.1, 0.15) is 0 Å². The Hall–Kier alpha value is -3.07. The summed E-state index contributed by atoms with van der Waals surface area (Å²) in [5.74, 6) is 0.837.